The maximum atomic E-state index is 2.68. The summed E-state index contributed by atoms with van der Waals surface area (Å²) in [7, 11) is 0. The van der Waals surface area contributed by atoms with Crippen molar-refractivity contribution in [1.82, 2.24) is 0 Å². The third-order valence-corrected chi connectivity index (χ3v) is 19.3. The third kappa shape index (κ3) is 9.75. The summed E-state index contributed by atoms with van der Waals surface area (Å²) in [6.45, 7) is 73.2. The molecule has 2 aliphatic heterocycles. The number of hydrogen-bond donors (Lipinski definition) is 0. The Balaban J connectivity index is 1.42. The van der Waals surface area contributed by atoms with Gasteiger partial charge in [-0.05, 0) is 164 Å². The fourth-order valence-electron chi connectivity index (χ4n) is 14.7. The molecule has 0 bridgehead atoms. The average Bonchev–Trinajstić information content (AvgIpc) is 1.51. The van der Waals surface area contributed by atoms with E-state index in [2.05, 4.69) is 293 Å². The molecule has 0 saturated heterocycles. The smallest absolute Gasteiger partial charge is 0.0613 e. The number of rotatable bonds is 2. The topological polar surface area (TPSA) is 0 Å². The van der Waals surface area contributed by atoms with E-state index in [9.17, 15) is 0 Å². The van der Waals surface area contributed by atoms with Crippen LogP contribution in [0.5, 0.6) is 0 Å². The highest BCUT2D eigenvalue weighted by molar-refractivity contribution is 7.01. The SMILES string of the molecule is CC(C)(C)c1cc2c(c(C(C)(C)C)c1)B(c1c(C(C)(C)C)cc(C(C)(C)C)cc1C(C)(C)C)c1cc3ccc4c5c(cc6ccc(c1-2)c3c64)B(c1c(C(C)(C)C)cc(C(C)(C)C)cc1C(C)(C)C)c1c-5cc(C(C)(C)C)cc1C(C)(C)C. The Kier molecular flexibility index (Phi) is 13.4. The van der Waals surface area contributed by atoms with Gasteiger partial charge in [0.2, 0.25) is 13.4 Å². The van der Waals surface area contributed by atoms with Crippen LogP contribution in [-0.2, 0) is 54.1 Å². The monoisotopic (exact) mass is 1090 g/mol. The van der Waals surface area contributed by atoms with Gasteiger partial charge in [-0.25, -0.2) is 0 Å². The molecule has 0 radical (unpaired) electrons. The lowest BCUT2D eigenvalue weighted by molar-refractivity contribution is 0.552. The summed E-state index contributed by atoms with van der Waals surface area (Å²) in [5, 5.41) is 8.27. The van der Waals surface area contributed by atoms with Crippen LogP contribution < -0.4 is 32.8 Å². The molecule has 0 fully saturated rings. The van der Waals surface area contributed by atoms with Gasteiger partial charge in [-0.1, -0.05) is 325 Å². The Morgan fingerprint density at radius 1 is 0.232 bits per heavy atom. The van der Waals surface area contributed by atoms with Crippen LogP contribution in [0, 0.1) is 0 Å². The molecule has 2 aliphatic rings. The normalized spacial score (nSPS) is 14.9. The van der Waals surface area contributed by atoms with Crippen molar-refractivity contribution in [3.8, 4) is 22.3 Å². The van der Waals surface area contributed by atoms with Gasteiger partial charge in [0.15, 0.2) is 0 Å². The summed E-state index contributed by atoms with van der Waals surface area (Å²) < 4.78 is 0. The van der Waals surface area contributed by atoms with E-state index in [4.69, 9.17) is 0 Å². The number of benzene rings is 8. The van der Waals surface area contributed by atoms with E-state index in [0.717, 1.165) is 0 Å². The van der Waals surface area contributed by atoms with Gasteiger partial charge in [0.05, 0.1) is 0 Å². The lowest BCUT2D eigenvalue weighted by atomic mass is 9.34. The fourth-order valence-corrected chi connectivity index (χ4v) is 14.7. The van der Waals surface area contributed by atoms with E-state index in [-0.39, 0.29) is 67.6 Å². The van der Waals surface area contributed by atoms with Crippen LogP contribution in [0.1, 0.15) is 263 Å². The largest absolute Gasteiger partial charge is 0.244 e. The second kappa shape index (κ2) is 18.2. The molecule has 2 heterocycles. The van der Waals surface area contributed by atoms with Gasteiger partial charge in [0.25, 0.3) is 0 Å². The predicted octanol–water partition coefficient (Wildman–Crippen LogP) is 18.6. The lowest BCUT2D eigenvalue weighted by Gasteiger charge is -2.37. The molecule has 0 amide bonds. The quantitative estimate of drug-likeness (QED) is 0.120. The minimum Gasteiger partial charge on any atom is -0.0613 e. The van der Waals surface area contributed by atoms with Crippen LogP contribution in [0.2, 0.25) is 0 Å². The maximum Gasteiger partial charge on any atom is 0.244 e. The minimum absolute atomic E-state index is 0.00386. The van der Waals surface area contributed by atoms with Crippen molar-refractivity contribution in [2.45, 2.75) is 262 Å². The molecule has 0 unspecified atom stereocenters. The molecule has 8 aromatic rings. The lowest BCUT2D eigenvalue weighted by Crippen LogP contribution is -2.56. The van der Waals surface area contributed by atoms with Crippen molar-refractivity contribution >= 4 is 78.5 Å². The highest BCUT2D eigenvalue weighted by Crippen LogP contribution is 2.48. The van der Waals surface area contributed by atoms with Crippen LogP contribution in [-0.4, -0.2) is 13.4 Å². The maximum absolute atomic E-state index is 2.68. The first-order chi connectivity index (χ1) is 37.0. The zero-order valence-electron chi connectivity index (χ0n) is 57.2. The molecule has 0 aromatic heterocycles. The average molecular weight is 1090 g/mol. The molecule has 2 heteroatoms. The molecule has 0 N–H and O–H groups in total. The van der Waals surface area contributed by atoms with E-state index < -0.39 is 0 Å². The van der Waals surface area contributed by atoms with Crippen molar-refractivity contribution < 1.29 is 0 Å². The van der Waals surface area contributed by atoms with E-state index in [1.54, 1.807) is 0 Å². The van der Waals surface area contributed by atoms with Gasteiger partial charge < -0.3 is 0 Å². The van der Waals surface area contributed by atoms with Crippen molar-refractivity contribution in [2.75, 3.05) is 0 Å². The van der Waals surface area contributed by atoms with Gasteiger partial charge in [-0.15, -0.1) is 0 Å². The summed E-state index contributed by atoms with van der Waals surface area (Å²) in [4.78, 5) is 0. The zero-order valence-corrected chi connectivity index (χ0v) is 57.2. The second-order valence-corrected chi connectivity index (χ2v) is 36.4. The van der Waals surface area contributed by atoms with E-state index in [1.165, 1.54) is 143 Å². The number of fused-ring (bicyclic) bond motifs is 8. The Morgan fingerprint density at radius 2 is 0.451 bits per heavy atom. The van der Waals surface area contributed by atoms with Gasteiger partial charge in [0, 0.05) is 0 Å². The standard InChI is InChI=1S/C80H104B2/c1-71(2,3)47-37-53-65-51-33-31-46-36-62-66(54-38-48(72(4,5)6)40-56(76(16,17)18)68(54)82(62)70-59(79(25,26)27)43-50(74(10,11)12)44-60(70)80(28,29)30)52-34-32-45(63(51)64(46)52)35-61(65)81(67(53)55(39-47)75(13,14)15)69-57(77(19,20)21)41-49(73(7,8)9)42-58(69)78(22,23)24/h31-44H,1-30H3. The second-order valence-electron chi connectivity index (χ2n) is 36.4. The van der Waals surface area contributed by atoms with Crippen molar-refractivity contribution in [3.05, 3.63) is 141 Å². The summed E-state index contributed by atoms with van der Waals surface area (Å²) in [5.41, 5.74) is 28.5. The molecule has 0 atom stereocenters. The molecule has 0 saturated carbocycles. The first-order valence-electron chi connectivity index (χ1n) is 31.6. The van der Waals surface area contributed by atoms with Gasteiger partial charge in [-0.3, -0.25) is 0 Å². The Morgan fingerprint density at radius 3 is 0.671 bits per heavy atom. The van der Waals surface area contributed by atoms with E-state index >= 15 is 0 Å². The molecule has 430 valence electrons. The number of hydrogen-bond acceptors (Lipinski definition) is 0. The first-order valence-corrected chi connectivity index (χ1v) is 31.6. The first kappa shape index (κ1) is 60.1. The highest BCUT2D eigenvalue weighted by Gasteiger charge is 2.48. The zero-order chi connectivity index (χ0) is 61.1. The Labute approximate surface area is 500 Å². The Bertz CT molecular complexity index is 3600. The van der Waals surface area contributed by atoms with E-state index in [0.29, 0.717) is 0 Å². The summed E-state index contributed by atoms with van der Waals surface area (Å²) in [6.07, 6.45) is 0. The van der Waals surface area contributed by atoms with Crippen LogP contribution in [0.3, 0.4) is 0 Å². The summed E-state index contributed by atoms with van der Waals surface area (Å²) in [5.74, 6) is 0. The van der Waals surface area contributed by atoms with Gasteiger partial charge >= 0.3 is 0 Å². The van der Waals surface area contributed by atoms with E-state index in [1.807, 2.05) is 0 Å². The molecule has 0 aliphatic carbocycles. The molecule has 0 spiro atoms. The van der Waals surface area contributed by atoms with Crippen LogP contribution in [0.15, 0.2) is 84.9 Å². The highest BCUT2D eigenvalue weighted by atomic mass is 14.4. The summed E-state index contributed by atoms with van der Waals surface area (Å²) in [6, 6.07) is 36.5. The summed E-state index contributed by atoms with van der Waals surface area (Å²) >= 11 is 0. The van der Waals surface area contributed by atoms with Gasteiger partial charge in [-0.2, -0.15) is 0 Å². The molecule has 0 nitrogen and oxygen atoms in total. The Hall–Kier alpha value is -5.07. The minimum atomic E-state index is -0.109. The van der Waals surface area contributed by atoms with Crippen molar-refractivity contribution in [1.29, 1.82) is 0 Å². The predicted molar refractivity (Wildman–Crippen MR) is 370 cm³/mol. The van der Waals surface area contributed by atoms with Crippen molar-refractivity contribution in [2.24, 2.45) is 0 Å². The molecule has 82 heavy (non-hydrogen) atoms. The van der Waals surface area contributed by atoms with Crippen LogP contribution in [0.25, 0.3) is 54.6 Å². The molecular weight excluding hydrogens is 983 g/mol. The van der Waals surface area contributed by atoms with Crippen LogP contribution >= 0.6 is 0 Å². The fraction of sp³-hybridized carbons (Fsp3) is 0.500. The van der Waals surface area contributed by atoms with Crippen molar-refractivity contribution in [3.63, 3.8) is 0 Å². The molecule has 10 rings (SSSR count). The van der Waals surface area contributed by atoms with Crippen LogP contribution in [0.4, 0.5) is 0 Å². The molecular formula is C80H104B2. The molecule has 8 aromatic carbocycles. The van der Waals surface area contributed by atoms with Gasteiger partial charge in [0.1, 0.15) is 0 Å². The third-order valence-electron chi connectivity index (χ3n) is 19.3.